The highest BCUT2D eigenvalue weighted by molar-refractivity contribution is 5.97. The second kappa shape index (κ2) is 4.13. The van der Waals surface area contributed by atoms with Crippen molar-refractivity contribution in [3.63, 3.8) is 0 Å². The van der Waals surface area contributed by atoms with E-state index in [9.17, 15) is 9.59 Å². The molecule has 1 saturated heterocycles. The number of urea groups is 1. The van der Waals surface area contributed by atoms with E-state index in [2.05, 4.69) is 10.6 Å². The van der Waals surface area contributed by atoms with Crippen molar-refractivity contribution in [3.05, 3.63) is 11.6 Å². The quantitative estimate of drug-likeness (QED) is 0.652. The van der Waals surface area contributed by atoms with Crippen LogP contribution in [0.5, 0.6) is 0 Å². The average molecular weight is 225 g/mol. The average Bonchev–Trinajstić information content (AvgIpc) is 2.60. The molecule has 0 radical (unpaired) electrons. The first-order valence-corrected chi connectivity index (χ1v) is 5.17. The molecule has 0 aromatic carbocycles. The van der Waals surface area contributed by atoms with Crippen LogP contribution in [0.25, 0.3) is 0 Å². The Kier molecular flexibility index (Phi) is 2.82. The van der Waals surface area contributed by atoms with Gasteiger partial charge in [0.1, 0.15) is 0 Å². The standard InChI is InChI=1S/C10H15N3O3/c1-11-9(14)7-3-6(5-16-2)13-4-8(7)12-10(13)15/h3,6,8H,4-5H2,1-2H3,(H,11,14)(H,12,15)/t6-,8-/m0/s1. The molecule has 88 valence electrons. The van der Waals surface area contributed by atoms with Crippen LogP contribution in [0, 0.1) is 0 Å². The normalized spacial score (nSPS) is 27.5. The fourth-order valence-electron chi connectivity index (χ4n) is 2.12. The number of methoxy groups -OCH3 is 1. The third-order valence-corrected chi connectivity index (χ3v) is 2.91. The minimum Gasteiger partial charge on any atom is -0.382 e. The fraction of sp³-hybridized carbons (Fsp3) is 0.600. The number of hydrogen-bond donors (Lipinski definition) is 2. The third-order valence-electron chi connectivity index (χ3n) is 2.91. The Morgan fingerprint density at radius 1 is 1.75 bits per heavy atom. The van der Waals surface area contributed by atoms with Crippen molar-refractivity contribution in [2.75, 3.05) is 27.3 Å². The van der Waals surface area contributed by atoms with Gasteiger partial charge in [0.05, 0.1) is 18.7 Å². The molecule has 0 saturated carbocycles. The summed E-state index contributed by atoms with van der Waals surface area (Å²) in [5.41, 5.74) is 0.617. The number of likely N-dealkylation sites (N-methyl/N-ethyl adjacent to an activating group) is 1. The summed E-state index contributed by atoms with van der Waals surface area (Å²) in [5.74, 6) is -0.145. The number of nitrogens with one attached hydrogen (secondary N) is 2. The van der Waals surface area contributed by atoms with Crippen LogP contribution in [0.2, 0.25) is 0 Å². The number of hydrogen-bond acceptors (Lipinski definition) is 3. The number of amides is 3. The van der Waals surface area contributed by atoms with Crippen LogP contribution in [-0.4, -0.2) is 56.2 Å². The molecule has 6 heteroatoms. The summed E-state index contributed by atoms with van der Waals surface area (Å²) in [5, 5.41) is 5.35. The summed E-state index contributed by atoms with van der Waals surface area (Å²) in [6, 6.07) is -0.487. The highest BCUT2D eigenvalue weighted by atomic mass is 16.5. The van der Waals surface area contributed by atoms with E-state index in [1.165, 1.54) is 0 Å². The van der Waals surface area contributed by atoms with E-state index in [4.69, 9.17) is 4.74 Å². The van der Waals surface area contributed by atoms with Crippen molar-refractivity contribution in [2.45, 2.75) is 12.1 Å². The lowest BCUT2D eigenvalue weighted by molar-refractivity contribution is -0.117. The van der Waals surface area contributed by atoms with Crippen LogP contribution < -0.4 is 10.6 Å². The molecule has 6 nitrogen and oxygen atoms in total. The third kappa shape index (κ3) is 1.65. The first-order valence-electron chi connectivity index (χ1n) is 5.17. The Hall–Kier alpha value is -1.56. The second-order valence-electron chi connectivity index (χ2n) is 3.88. The summed E-state index contributed by atoms with van der Waals surface area (Å²) >= 11 is 0. The predicted octanol–water partition coefficient (Wildman–Crippen LogP) is -0.919. The Morgan fingerprint density at radius 2 is 2.50 bits per heavy atom. The van der Waals surface area contributed by atoms with Gasteiger partial charge in [0.2, 0.25) is 5.91 Å². The molecule has 2 atom stereocenters. The monoisotopic (exact) mass is 225 g/mol. The van der Waals surface area contributed by atoms with Crippen molar-refractivity contribution in [1.82, 2.24) is 15.5 Å². The van der Waals surface area contributed by atoms with E-state index in [0.717, 1.165) is 0 Å². The van der Waals surface area contributed by atoms with Gasteiger partial charge in [-0.3, -0.25) is 4.79 Å². The van der Waals surface area contributed by atoms with Crippen molar-refractivity contribution < 1.29 is 14.3 Å². The van der Waals surface area contributed by atoms with Crippen molar-refractivity contribution >= 4 is 11.9 Å². The molecular formula is C10H15N3O3. The van der Waals surface area contributed by atoms with Crippen molar-refractivity contribution in [3.8, 4) is 0 Å². The van der Waals surface area contributed by atoms with Gasteiger partial charge in [0, 0.05) is 26.3 Å². The van der Waals surface area contributed by atoms with Gasteiger partial charge < -0.3 is 20.3 Å². The summed E-state index contributed by atoms with van der Waals surface area (Å²) in [6.07, 6.45) is 1.80. The largest absolute Gasteiger partial charge is 0.382 e. The Labute approximate surface area is 93.6 Å². The molecule has 2 bridgehead atoms. The molecule has 2 aliphatic heterocycles. The first kappa shape index (κ1) is 10.9. The lowest BCUT2D eigenvalue weighted by Gasteiger charge is -2.28. The molecule has 16 heavy (non-hydrogen) atoms. The van der Waals surface area contributed by atoms with Gasteiger partial charge in [-0.15, -0.1) is 0 Å². The van der Waals surface area contributed by atoms with Gasteiger partial charge in [-0.1, -0.05) is 0 Å². The molecule has 1 fully saturated rings. The minimum absolute atomic E-state index is 0.137. The number of carbonyl (C=O) groups excluding carboxylic acids is 2. The molecule has 2 heterocycles. The Balaban J connectivity index is 2.25. The van der Waals surface area contributed by atoms with Crippen LogP contribution in [0.15, 0.2) is 11.6 Å². The zero-order chi connectivity index (χ0) is 11.7. The summed E-state index contributed by atoms with van der Waals surface area (Å²) in [7, 11) is 3.16. The molecule has 0 aromatic heterocycles. The minimum atomic E-state index is -0.194. The Morgan fingerprint density at radius 3 is 3.12 bits per heavy atom. The number of nitrogens with zero attached hydrogens (tertiary/aromatic N) is 1. The summed E-state index contributed by atoms with van der Waals surface area (Å²) in [6.45, 7) is 0.937. The van der Waals surface area contributed by atoms with Crippen molar-refractivity contribution in [2.24, 2.45) is 0 Å². The maximum atomic E-state index is 11.6. The zero-order valence-electron chi connectivity index (χ0n) is 9.32. The maximum Gasteiger partial charge on any atom is 0.318 e. The molecule has 2 rings (SSSR count). The smallest absolute Gasteiger partial charge is 0.318 e. The first-order chi connectivity index (χ1) is 7.67. The van der Waals surface area contributed by atoms with Gasteiger partial charge in [-0.2, -0.15) is 0 Å². The van der Waals surface area contributed by atoms with E-state index < -0.39 is 0 Å². The highest BCUT2D eigenvalue weighted by Gasteiger charge is 2.41. The topological polar surface area (TPSA) is 70.7 Å². The summed E-state index contributed by atoms with van der Waals surface area (Å²) < 4.78 is 5.04. The fourth-order valence-corrected chi connectivity index (χ4v) is 2.12. The van der Waals surface area contributed by atoms with E-state index in [0.29, 0.717) is 18.7 Å². The van der Waals surface area contributed by atoms with Gasteiger partial charge in [-0.05, 0) is 6.08 Å². The van der Waals surface area contributed by atoms with E-state index in [-0.39, 0.29) is 24.0 Å². The van der Waals surface area contributed by atoms with Gasteiger partial charge in [-0.25, -0.2) is 4.79 Å². The van der Waals surface area contributed by atoms with E-state index in [1.807, 2.05) is 0 Å². The second-order valence-corrected chi connectivity index (χ2v) is 3.88. The molecule has 0 aromatic rings. The van der Waals surface area contributed by atoms with Gasteiger partial charge in [0.25, 0.3) is 0 Å². The molecule has 2 N–H and O–H groups in total. The van der Waals surface area contributed by atoms with Crippen LogP contribution in [-0.2, 0) is 9.53 Å². The lowest BCUT2D eigenvalue weighted by Crippen LogP contribution is -2.43. The molecule has 3 amide bonds. The highest BCUT2D eigenvalue weighted by Crippen LogP contribution is 2.22. The molecule has 0 spiro atoms. The molecule has 2 aliphatic rings. The SMILES string of the molecule is CNC(=O)C1=C[C@@H](COC)N2C[C@@H]1NC2=O. The molecular weight excluding hydrogens is 210 g/mol. The van der Waals surface area contributed by atoms with Crippen LogP contribution in [0.3, 0.4) is 0 Å². The van der Waals surface area contributed by atoms with E-state index in [1.54, 1.807) is 25.1 Å². The lowest BCUT2D eigenvalue weighted by atomic mass is 10.00. The number of carbonyl (C=O) groups is 2. The van der Waals surface area contributed by atoms with Gasteiger partial charge >= 0.3 is 6.03 Å². The summed E-state index contributed by atoms with van der Waals surface area (Å²) in [4.78, 5) is 24.9. The number of fused-ring (bicyclic) bond motifs is 2. The predicted molar refractivity (Wildman–Crippen MR) is 56.8 cm³/mol. The van der Waals surface area contributed by atoms with Crippen LogP contribution in [0.1, 0.15) is 0 Å². The molecule has 0 aliphatic carbocycles. The maximum absolute atomic E-state index is 11.6. The van der Waals surface area contributed by atoms with Crippen LogP contribution >= 0.6 is 0 Å². The Bertz CT molecular complexity index is 353. The van der Waals surface area contributed by atoms with Gasteiger partial charge in [0.15, 0.2) is 0 Å². The van der Waals surface area contributed by atoms with E-state index >= 15 is 0 Å². The zero-order valence-corrected chi connectivity index (χ0v) is 9.32. The number of ether oxygens (including phenoxy) is 1. The molecule has 0 unspecified atom stereocenters. The van der Waals surface area contributed by atoms with Crippen molar-refractivity contribution in [1.29, 1.82) is 0 Å². The van der Waals surface area contributed by atoms with Crippen LogP contribution in [0.4, 0.5) is 4.79 Å². The number of rotatable bonds is 3.